The highest BCUT2D eigenvalue weighted by Crippen LogP contribution is 2.49. The van der Waals surface area contributed by atoms with Gasteiger partial charge in [-0.2, -0.15) is 63.2 Å². The number of carbonyl (C=O) groups excluding carboxylic acids is 5. The first-order chi connectivity index (χ1) is 50.4. The van der Waals surface area contributed by atoms with E-state index in [0.29, 0.717) is 46.5 Å². The van der Waals surface area contributed by atoms with Crippen LogP contribution in [0, 0.1) is 22.7 Å². The van der Waals surface area contributed by atoms with E-state index in [2.05, 4.69) is 17.1 Å². The first-order valence-corrected chi connectivity index (χ1v) is 38.4. The fraction of sp³-hybridized carbons (Fsp3) is 0.507. The summed E-state index contributed by atoms with van der Waals surface area (Å²) in [6.45, 7) is 1.05. The number of pyridine rings is 1. The van der Waals surface area contributed by atoms with Gasteiger partial charge in [0.1, 0.15) is 21.3 Å². The molecule has 0 radical (unpaired) electrons. The molecule has 0 spiro atoms. The van der Waals surface area contributed by atoms with E-state index in [9.17, 15) is 73.2 Å². The number of hydrogen-bond acceptors (Lipinski definition) is 16. The van der Waals surface area contributed by atoms with E-state index in [1.807, 2.05) is 4.72 Å². The van der Waals surface area contributed by atoms with E-state index in [4.69, 9.17) is 9.47 Å². The van der Waals surface area contributed by atoms with Crippen LogP contribution in [-0.2, 0) is 71.4 Å². The van der Waals surface area contributed by atoms with Crippen LogP contribution in [0.15, 0.2) is 107 Å². The smallest absolute Gasteiger partial charge is 0.425 e. The van der Waals surface area contributed by atoms with E-state index >= 15 is 27.6 Å². The summed E-state index contributed by atoms with van der Waals surface area (Å²) in [4.78, 5) is 81.8. The topological polar surface area (TPSA) is 247 Å². The average molecular weight is 1560 g/mol. The number of nitrogens with one attached hydrogen (secondary N) is 1. The second-order valence-corrected chi connectivity index (χ2v) is 31.0. The highest BCUT2D eigenvalue weighted by atomic mass is 32.2. The number of hydrogen-bond donors (Lipinski definition) is 2. The number of anilines is 1. The van der Waals surface area contributed by atoms with Gasteiger partial charge in [0.2, 0.25) is 27.1 Å². The predicted octanol–water partition coefficient (Wildman–Crippen LogP) is 13.4. The molecule has 4 saturated heterocycles. The summed E-state index contributed by atoms with van der Waals surface area (Å²) in [6, 6.07) is 15.3. The van der Waals surface area contributed by atoms with E-state index < -0.39 is 143 Å². The molecule has 2 aromatic carbocycles. The lowest BCUT2D eigenvalue weighted by molar-refractivity contribution is -0.166. The number of aryl methyl sites for hydroxylation is 2. The number of carbonyl (C=O) groups is 5. The number of halogens is 12. The summed E-state index contributed by atoms with van der Waals surface area (Å²) in [6.07, 6.45) is -16.4. The number of likely N-dealkylation sites (tertiary alicyclic amines) is 4. The lowest BCUT2D eigenvalue weighted by Crippen LogP contribution is -2.69. The molecule has 3 aromatic heterocycles. The molecule has 0 bridgehead atoms. The van der Waals surface area contributed by atoms with Crippen LogP contribution in [0.5, 0.6) is 11.5 Å². The number of allylic oxidation sites excluding steroid dienone is 2. The molecule has 0 aliphatic carbocycles. The van der Waals surface area contributed by atoms with E-state index in [-0.39, 0.29) is 183 Å². The van der Waals surface area contributed by atoms with Crippen molar-refractivity contribution in [2.45, 2.75) is 175 Å². The second kappa shape index (κ2) is 31.8. The Bertz CT molecular complexity index is 4410. The maximum atomic E-state index is 15.7. The lowest BCUT2D eigenvalue weighted by atomic mass is 9.71. The minimum Gasteiger partial charge on any atom is -0.474 e. The first kappa shape index (κ1) is 80.8. The van der Waals surface area contributed by atoms with Gasteiger partial charge in [0.05, 0.1) is 64.6 Å². The maximum absolute atomic E-state index is 15.7. The van der Waals surface area contributed by atoms with Crippen molar-refractivity contribution in [2.24, 2.45) is 0 Å². The Morgan fingerprint density at radius 1 is 0.654 bits per heavy atom. The number of benzene rings is 2. The molecule has 0 saturated carbocycles. The summed E-state index contributed by atoms with van der Waals surface area (Å²) in [5.74, 6) is -5.52. The summed E-state index contributed by atoms with van der Waals surface area (Å²) >= 11 is 0.549. The number of aliphatic hydroxyl groups excluding tert-OH is 1. The third kappa shape index (κ3) is 17.1. The van der Waals surface area contributed by atoms with Gasteiger partial charge in [0.15, 0.2) is 0 Å². The zero-order chi connectivity index (χ0) is 77.9. The number of sulfonamides is 1. The van der Waals surface area contributed by atoms with Gasteiger partial charge in [-0.15, -0.1) is 22.7 Å². The predicted molar refractivity (Wildman–Crippen MR) is 369 cm³/mol. The molecular weight excluding hydrogens is 1490 g/mol. The highest BCUT2D eigenvalue weighted by Gasteiger charge is 2.59. The third-order valence-electron chi connectivity index (χ3n) is 20.6. The van der Waals surface area contributed by atoms with Crippen LogP contribution in [0.3, 0.4) is 0 Å². The van der Waals surface area contributed by atoms with Crippen molar-refractivity contribution < 1.29 is 99.7 Å². The van der Waals surface area contributed by atoms with Crippen LogP contribution in [0.2, 0.25) is 0 Å². The molecule has 2 N–H and O–H groups in total. The summed E-state index contributed by atoms with van der Waals surface area (Å²) < 4.78 is 214. The molecular formula is C73H77F12N9O10S3. The quantitative estimate of drug-likeness (QED) is 0.0612. The van der Waals surface area contributed by atoms with E-state index in [1.54, 1.807) is 50.2 Å². The molecule has 576 valence electrons. The zero-order valence-corrected chi connectivity index (χ0v) is 60.8. The van der Waals surface area contributed by atoms with Crippen LogP contribution >= 0.6 is 22.7 Å². The molecule has 4 fully saturated rings. The van der Waals surface area contributed by atoms with Crippen LogP contribution in [0.25, 0.3) is 0 Å². The Morgan fingerprint density at radius 3 is 1.64 bits per heavy atom. The number of alkyl halides is 12. The van der Waals surface area contributed by atoms with Gasteiger partial charge in [0, 0.05) is 118 Å². The minimum atomic E-state index is -5.18. The molecule has 10 rings (SSSR count). The SMILES string of the molecule is CCC[C@H]1N(C(=O)C2=C(C(F)(F)F)C=CN(c3ccc(C4(C#N)CCN(C(=O)[C@]5(Oc6csc(C(F)(F)F)c6)CCCN(C(=O)c6cnccc6C(F)(F)F)[C@@H]5CCC)CC4)c(CCCO)c3)C2)CCC[C@@]1(Oc1csc(C(F)(F)F)c1)C(=O)N1CCC(C#N)(c2ccccc2CCC(=O)NS(C)(=O)=O)CC1. The molecule has 5 aromatic rings. The van der Waals surface area contributed by atoms with Crippen molar-refractivity contribution in [3.05, 3.63) is 150 Å². The Balaban J connectivity index is 0.939. The Morgan fingerprint density at radius 2 is 1.17 bits per heavy atom. The van der Waals surface area contributed by atoms with Crippen molar-refractivity contribution in [1.29, 1.82) is 10.5 Å². The monoisotopic (exact) mass is 1560 g/mol. The van der Waals surface area contributed by atoms with E-state index in [0.717, 1.165) is 45.4 Å². The molecule has 4 atom stereocenters. The maximum Gasteiger partial charge on any atom is 0.425 e. The largest absolute Gasteiger partial charge is 0.474 e. The Labute approximate surface area is 617 Å². The first-order valence-electron chi connectivity index (χ1n) is 34.7. The van der Waals surface area contributed by atoms with Gasteiger partial charge < -0.3 is 39.1 Å². The number of rotatable bonds is 22. The van der Waals surface area contributed by atoms with Crippen LogP contribution in [0.4, 0.5) is 58.4 Å². The minimum absolute atomic E-state index is 0.0231. The number of thiophene rings is 2. The third-order valence-corrected chi connectivity index (χ3v) is 23.1. The number of nitrogens with zero attached hydrogens (tertiary/aromatic N) is 8. The number of ether oxygens (including phenoxy) is 2. The molecule has 107 heavy (non-hydrogen) atoms. The van der Waals surface area contributed by atoms with Crippen molar-refractivity contribution in [3.8, 4) is 23.6 Å². The van der Waals surface area contributed by atoms with Gasteiger partial charge in [-0.3, -0.25) is 33.7 Å². The standard InChI is InChI=1S/C73H77F12N9O10S3/c1-4-11-57-68(103-49-38-59(105-42-49)72(80,81)82,22-9-29-93(57)62(97)51-40-88-28-20-55(51)70(74,75)76)64(99)91-34-26-67(45-87,27-35-91)54-18-17-48(37-47(54)14-8-36-95)92-31-21-56(71(77,78)79)52(41-92)63(98)94-30-10-23-69(58(94)12-5-2,104-50-39-60(106-43-50)73(83,84)85)65(100)90-32-24-66(44-86,25-33-90)53-15-7-6-13-46(53)16-19-61(96)89-107(3,101)102/h6-7,13,15,17-18,20-21,28,31,37-40,42-43,57-58,95H,4-5,8-12,14,16,19,22-27,29-30,32-36,41H2,1-3H3,(H,89,96)/t57-,58-,68+,69+/m1/s1. The van der Waals surface area contributed by atoms with Gasteiger partial charge in [0.25, 0.3) is 23.6 Å². The average Bonchev–Trinajstić information content (AvgIpc) is 1.48. The summed E-state index contributed by atoms with van der Waals surface area (Å²) in [5.41, 5.74) is -9.39. The molecule has 34 heteroatoms. The molecule has 19 nitrogen and oxygen atoms in total. The van der Waals surface area contributed by atoms with Crippen molar-refractivity contribution in [1.82, 2.24) is 29.3 Å². The number of piperidine rings is 4. The van der Waals surface area contributed by atoms with Crippen molar-refractivity contribution in [2.75, 3.05) is 63.6 Å². The van der Waals surface area contributed by atoms with Crippen molar-refractivity contribution >= 4 is 67.9 Å². The van der Waals surface area contributed by atoms with Crippen molar-refractivity contribution in [3.63, 3.8) is 0 Å². The van der Waals surface area contributed by atoms with Crippen LogP contribution in [0.1, 0.15) is 152 Å². The Kier molecular flexibility index (Phi) is 24.0. The van der Waals surface area contributed by atoms with Crippen LogP contribution < -0.4 is 19.1 Å². The highest BCUT2D eigenvalue weighted by molar-refractivity contribution is 7.89. The molecule has 0 unspecified atom stereocenters. The van der Waals surface area contributed by atoms with E-state index in [1.165, 1.54) is 20.8 Å². The second-order valence-electron chi connectivity index (χ2n) is 27.4. The zero-order valence-electron chi connectivity index (χ0n) is 58.3. The van der Waals surface area contributed by atoms with Gasteiger partial charge >= 0.3 is 24.7 Å². The van der Waals surface area contributed by atoms with Gasteiger partial charge in [-0.05, 0) is 117 Å². The fourth-order valence-electron chi connectivity index (χ4n) is 15.6. The normalized spacial score (nSPS) is 21.5. The number of nitriles is 2. The van der Waals surface area contributed by atoms with Gasteiger partial charge in [-0.1, -0.05) is 57.0 Å². The molecule has 5 aliphatic heterocycles. The van der Waals surface area contributed by atoms with Gasteiger partial charge in [-0.25, -0.2) is 8.42 Å². The number of amides is 5. The van der Waals surface area contributed by atoms with Crippen LogP contribution in [-0.4, -0.2) is 156 Å². The summed E-state index contributed by atoms with van der Waals surface area (Å²) in [7, 11) is -3.89. The molecule has 5 aliphatic rings. The number of aromatic nitrogens is 1. The molecule has 5 amide bonds. The summed E-state index contributed by atoms with van der Waals surface area (Å²) in [5, 5.41) is 34.5. The number of aliphatic hydroxyl groups is 1. The fourth-order valence-corrected chi connectivity index (χ4v) is 17.5. The Hall–Kier alpha value is -8.73. The molecule has 8 heterocycles. The lowest BCUT2D eigenvalue weighted by Gasteiger charge is -2.51.